The molecule has 0 aliphatic carbocycles. The summed E-state index contributed by atoms with van der Waals surface area (Å²) in [6.45, 7) is 0. The van der Waals surface area contributed by atoms with Crippen molar-refractivity contribution in [3.8, 4) is 6.07 Å². The third-order valence-electron chi connectivity index (χ3n) is 2.56. The Bertz CT molecular complexity index is 572. The normalized spacial score (nSPS) is 9.71. The zero-order valence-electron chi connectivity index (χ0n) is 9.39. The largest absolute Gasteiger partial charge is 0.345 e. The van der Waals surface area contributed by atoms with Gasteiger partial charge in [0.15, 0.2) is 0 Å². The molecule has 0 saturated heterocycles. The Morgan fingerprint density at radius 3 is 2.35 bits per heavy atom. The van der Waals surface area contributed by atoms with E-state index in [-0.39, 0.29) is 5.82 Å². The highest BCUT2D eigenvalue weighted by Gasteiger charge is 2.05. The van der Waals surface area contributed by atoms with E-state index >= 15 is 0 Å². The van der Waals surface area contributed by atoms with Crippen LogP contribution in [0.2, 0.25) is 0 Å². The van der Waals surface area contributed by atoms with Crippen LogP contribution in [0.5, 0.6) is 0 Å². The molecule has 0 heterocycles. The molecule has 0 bridgehead atoms. The summed E-state index contributed by atoms with van der Waals surface area (Å²) < 4.78 is 13.1. The smallest absolute Gasteiger partial charge is 0.125 e. The lowest BCUT2D eigenvalue weighted by Crippen LogP contribution is -2.09. The third-order valence-corrected chi connectivity index (χ3v) is 2.56. The molecule has 2 aromatic carbocycles. The number of nitriles is 1. The van der Waals surface area contributed by atoms with Gasteiger partial charge >= 0.3 is 0 Å². The Kier molecular flexibility index (Phi) is 3.06. The second-order valence-electron chi connectivity index (χ2n) is 3.70. The number of hydrogen-bond donors (Lipinski definition) is 0. The molecule has 0 amide bonds. The molecule has 2 nitrogen and oxygen atoms in total. The summed E-state index contributed by atoms with van der Waals surface area (Å²) in [5.74, 6) is -0.272. The molecule has 0 unspecified atom stereocenters. The van der Waals surface area contributed by atoms with Gasteiger partial charge in [0.1, 0.15) is 5.82 Å². The minimum absolute atomic E-state index is 0.272. The van der Waals surface area contributed by atoms with Crippen molar-refractivity contribution in [2.45, 2.75) is 0 Å². The van der Waals surface area contributed by atoms with E-state index in [0.717, 1.165) is 11.4 Å². The molecule has 0 aliphatic rings. The summed E-state index contributed by atoms with van der Waals surface area (Å²) >= 11 is 0. The van der Waals surface area contributed by atoms with Gasteiger partial charge in [-0.05, 0) is 36.4 Å². The molecule has 0 aromatic heterocycles. The van der Waals surface area contributed by atoms with E-state index in [9.17, 15) is 4.39 Å². The summed E-state index contributed by atoms with van der Waals surface area (Å²) in [5.41, 5.74) is 2.19. The number of halogens is 1. The maximum absolute atomic E-state index is 13.1. The SMILES string of the molecule is CN(c1cccc(F)c1)c1cccc(C#N)c1. The van der Waals surface area contributed by atoms with Crippen molar-refractivity contribution in [1.82, 2.24) is 0 Å². The van der Waals surface area contributed by atoms with Crippen molar-refractivity contribution in [3.63, 3.8) is 0 Å². The fourth-order valence-electron chi connectivity index (χ4n) is 1.62. The fraction of sp³-hybridized carbons (Fsp3) is 0.0714. The average molecular weight is 226 g/mol. The van der Waals surface area contributed by atoms with Gasteiger partial charge in [-0.1, -0.05) is 12.1 Å². The number of rotatable bonds is 2. The van der Waals surface area contributed by atoms with Gasteiger partial charge < -0.3 is 4.90 Å². The number of anilines is 2. The Balaban J connectivity index is 2.37. The molecule has 0 spiro atoms. The van der Waals surface area contributed by atoms with E-state index in [2.05, 4.69) is 6.07 Å². The molecule has 2 rings (SSSR count). The van der Waals surface area contributed by atoms with Gasteiger partial charge in [-0.25, -0.2) is 4.39 Å². The second kappa shape index (κ2) is 4.67. The number of nitrogens with zero attached hydrogens (tertiary/aromatic N) is 2. The summed E-state index contributed by atoms with van der Waals surface area (Å²) in [6.07, 6.45) is 0. The molecule has 0 fully saturated rings. The van der Waals surface area contributed by atoms with Gasteiger partial charge in [-0.2, -0.15) is 5.26 Å². The van der Waals surface area contributed by atoms with Gasteiger partial charge in [0, 0.05) is 18.4 Å². The lowest BCUT2D eigenvalue weighted by molar-refractivity contribution is 0.628. The Labute approximate surface area is 99.5 Å². The molecule has 0 N–H and O–H groups in total. The first-order valence-corrected chi connectivity index (χ1v) is 5.20. The van der Waals surface area contributed by atoms with Crippen LogP contribution >= 0.6 is 0 Å². The predicted octanol–water partition coefficient (Wildman–Crippen LogP) is 3.47. The Hall–Kier alpha value is -2.34. The highest BCUT2D eigenvalue weighted by atomic mass is 19.1. The predicted molar refractivity (Wildman–Crippen MR) is 65.6 cm³/mol. The topological polar surface area (TPSA) is 27.0 Å². The molecular weight excluding hydrogens is 215 g/mol. The fourth-order valence-corrected chi connectivity index (χ4v) is 1.62. The van der Waals surface area contributed by atoms with Gasteiger partial charge in [0.2, 0.25) is 0 Å². The van der Waals surface area contributed by atoms with Crippen LogP contribution in [0, 0.1) is 17.1 Å². The first-order chi connectivity index (χ1) is 8.20. The number of hydrogen-bond acceptors (Lipinski definition) is 2. The highest BCUT2D eigenvalue weighted by molar-refractivity contribution is 5.63. The zero-order valence-corrected chi connectivity index (χ0v) is 9.39. The van der Waals surface area contributed by atoms with Crippen molar-refractivity contribution in [2.75, 3.05) is 11.9 Å². The van der Waals surface area contributed by atoms with Crippen LogP contribution in [-0.4, -0.2) is 7.05 Å². The van der Waals surface area contributed by atoms with E-state index in [1.54, 1.807) is 18.2 Å². The molecule has 0 saturated carbocycles. The molecule has 17 heavy (non-hydrogen) atoms. The second-order valence-corrected chi connectivity index (χ2v) is 3.70. The molecule has 2 aromatic rings. The standard InChI is InChI=1S/C14H11FN2/c1-17(14-7-3-5-12(15)9-14)13-6-2-4-11(8-13)10-16/h2-9H,1H3. The molecule has 0 atom stereocenters. The zero-order chi connectivity index (χ0) is 12.3. The van der Waals surface area contributed by atoms with E-state index in [1.807, 2.05) is 30.1 Å². The summed E-state index contributed by atoms with van der Waals surface area (Å²) in [5, 5.41) is 8.83. The quantitative estimate of drug-likeness (QED) is 0.784. The minimum Gasteiger partial charge on any atom is -0.345 e. The van der Waals surface area contributed by atoms with Crippen molar-refractivity contribution in [2.24, 2.45) is 0 Å². The first kappa shape index (κ1) is 11.2. The van der Waals surface area contributed by atoms with Gasteiger partial charge in [-0.15, -0.1) is 0 Å². The van der Waals surface area contributed by atoms with Crippen molar-refractivity contribution in [1.29, 1.82) is 5.26 Å². The maximum atomic E-state index is 13.1. The summed E-state index contributed by atoms with van der Waals surface area (Å²) in [4.78, 5) is 1.84. The lowest BCUT2D eigenvalue weighted by Gasteiger charge is -2.19. The van der Waals surface area contributed by atoms with E-state index < -0.39 is 0 Å². The van der Waals surface area contributed by atoms with E-state index in [4.69, 9.17) is 5.26 Å². The Morgan fingerprint density at radius 1 is 1.06 bits per heavy atom. The van der Waals surface area contributed by atoms with Crippen LogP contribution in [-0.2, 0) is 0 Å². The third kappa shape index (κ3) is 2.43. The summed E-state index contributed by atoms with van der Waals surface area (Å²) in [7, 11) is 1.84. The van der Waals surface area contributed by atoms with Crippen LogP contribution < -0.4 is 4.90 Å². The van der Waals surface area contributed by atoms with Gasteiger partial charge in [0.05, 0.1) is 11.6 Å². The van der Waals surface area contributed by atoms with Crippen LogP contribution in [0.1, 0.15) is 5.56 Å². The van der Waals surface area contributed by atoms with Crippen LogP contribution in [0.25, 0.3) is 0 Å². The minimum atomic E-state index is -0.272. The average Bonchev–Trinajstić information content (AvgIpc) is 2.38. The van der Waals surface area contributed by atoms with Crippen LogP contribution in [0.4, 0.5) is 15.8 Å². The molecule has 0 aliphatic heterocycles. The van der Waals surface area contributed by atoms with E-state index in [1.165, 1.54) is 12.1 Å². The van der Waals surface area contributed by atoms with Gasteiger partial charge in [0.25, 0.3) is 0 Å². The van der Waals surface area contributed by atoms with Gasteiger partial charge in [-0.3, -0.25) is 0 Å². The van der Waals surface area contributed by atoms with Crippen LogP contribution in [0.15, 0.2) is 48.5 Å². The monoisotopic (exact) mass is 226 g/mol. The molecule has 84 valence electrons. The number of benzene rings is 2. The van der Waals surface area contributed by atoms with Crippen molar-refractivity contribution in [3.05, 3.63) is 59.9 Å². The molecule has 3 heteroatoms. The first-order valence-electron chi connectivity index (χ1n) is 5.20. The maximum Gasteiger partial charge on any atom is 0.125 e. The lowest BCUT2D eigenvalue weighted by atomic mass is 10.2. The van der Waals surface area contributed by atoms with E-state index in [0.29, 0.717) is 5.56 Å². The van der Waals surface area contributed by atoms with Crippen molar-refractivity contribution < 1.29 is 4.39 Å². The molecule has 0 radical (unpaired) electrons. The summed E-state index contributed by atoms with van der Waals surface area (Å²) in [6, 6.07) is 15.6. The Morgan fingerprint density at radius 2 is 1.71 bits per heavy atom. The molecular formula is C14H11FN2. The highest BCUT2D eigenvalue weighted by Crippen LogP contribution is 2.24. The van der Waals surface area contributed by atoms with Crippen molar-refractivity contribution >= 4 is 11.4 Å². The van der Waals surface area contributed by atoms with Crippen LogP contribution in [0.3, 0.4) is 0 Å².